The van der Waals surface area contributed by atoms with Crippen molar-refractivity contribution in [3.05, 3.63) is 75.9 Å². The van der Waals surface area contributed by atoms with Crippen LogP contribution in [0.15, 0.2) is 42.7 Å². The molecule has 1 N–H and O–H groups in total. The number of pyridine rings is 1. The van der Waals surface area contributed by atoms with Crippen LogP contribution in [0.3, 0.4) is 0 Å². The first kappa shape index (κ1) is 20.1. The maximum atomic E-state index is 13.3. The second-order valence-corrected chi connectivity index (χ2v) is 7.31. The fourth-order valence-electron chi connectivity index (χ4n) is 3.20. The van der Waals surface area contributed by atoms with Gasteiger partial charge in [-0.05, 0) is 43.2 Å². The summed E-state index contributed by atoms with van der Waals surface area (Å²) in [5.74, 6) is 5.53. The maximum Gasteiger partial charge on any atom is 0.276 e. The predicted molar refractivity (Wildman–Crippen MR) is 111 cm³/mol. The normalized spacial score (nSPS) is 15.5. The molecule has 3 heterocycles. The zero-order valence-electron chi connectivity index (χ0n) is 16.2. The summed E-state index contributed by atoms with van der Waals surface area (Å²) in [6, 6.07) is 7.85. The van der Waals surface area contributed by atoms with E-state index in [-0.39, 0.29) is 22.6 Å². The van der Waals surface area contributed by atoms with Gasteiger partial charge in [-0.3, -0.25) is 9.48 Å². The van der Waals surface area contributed by atoms with Crippen LogP contribution in [0.4, 0.5) is 10.2 Å². The molecule has 0 unspecified atom stereocenters. The van der Waals surface area contributed by atoms with Gasteiger partial charge in [-0.2, -0.15) is 5.10 Å². The quantitative estimate of drug-likeness (QED) is 0.645. The lowest BCUT2D eigenvalue weighted by molar-refractivity contribution is 0.101. The predicted octanol–water partition coefficient (Wildman–Crippen LogP) is 3.99. The van der Waals surface area contributed by atoms with Crippen LogP contribution in [0, 0.1) is 24.6 Å². The molecule has 0 spiro atoms. The standard InChI is InChI=1S/C22H18ClFN4O2/c1-14-9-16(6-5-15-3-2-4-17(24)10-15)11-25-21(14)27-22(29)20-19(23)12-26-28(20)18-7-8-30-13-18/h2-4,9-12,18H,7-8,13H2,1H3,(H,25,27,29)/t18-/m0/s1. The van der Waals surface area contributed by atoms with E-state index in [9.17, 15) is 9.18 Å². The van der Waals surface area contributed by atoms with E-state index < -0.39 is 5.91 Å². The molecule has 152 valence electrons. The molecule has 1 aliphatic heterocycles. The van der Waals surface area contributed by atoms with Crippen molar-refractivity contribution in [2.75, 3.05) is 18.5 Å². The minimum Gasteiger partial charge on any atom is -0.379 e. The highest BCUT2D eigenvalue weighted by Crippen LogP contribution is 2.25. The highest BCUT2D eigenvalue weighted by molar-refractivity contribution is 6.34. The van der Waals surface area contributed by atoms with Crippen molar-refractivity contribution in [3.63, 3.8) is 0 Å². The second-order valence-electron chi connectivity index (χ2n) is 6.91. The number of aryl methyl sites for hydroxylation is 1. The number of ether oxygens (including phenoxy) is 1. The number of anilines is 1. The third-order valence-corrected chi connectivity index (χ3v) is 4.98. The number of aromatic nitrogens is 3. The molecule has 4 rings (SSSR count). The third-order valence-electron chi connectivity index (χ3n) is 4.70. The number of rotatable bonds is 3. The van der Waals surface area contributed by atoms with E-state index in [0.29, 0.717) is 30.2 Å². The number of benzene rings is 1. The molecule has 0 bridgehead atoms. The zero-order chi connectivity index (χ0) is 21.1. The van der Waals surface area contributed by atoms with Crippen LogP contribution in [0.25, 0.3) is 0 Å². The van der Waals surface area contributed by atoms with Gasteiger partial charge in [0.25, 0.3) is 5.91 Å². The van der Waals surface area contributed by atoms with E-state index in [1.165, 1.54) is 18.3 Å². The van der Waals surface area contributed by atoms with Crippen LogP contribution in [0.1, 0.15) is 39.6 Å². The maximum absolute atomic E-state index is 13.3. The Hall–Kier alpha value is -3.21. The number of hydrogen-bond donors (Lipinski definition) is 1. The average Bonchev–Trinajstić information content (AvgIpc) is 3.38. The van der Waals surface area contributed by atoms with Crippen LogP contribution in [0.5, 0.6) is 0 Å². The molecular weight excluding hydrogens is 407 g/mol. The van der Waals surface area contributed by atoms with Gasteiger partial charge in [0.1, 0.15) is 17.3 Å². The molecule has 30 heavy (non-hydrogen) atoms. The molecule has 1 aromatic carbocycles. The van der Waals surface area contributed by atoms with Crippen LogP contribution in [0.2, 0.25) is 5.02 Å². The zero-order valence-corrected chi connectivity index (χ0v) is 16.9. The Morgan fingerprint density at radius 1 is 1.30 bits per heavy atom. The molecule has 1 atom stereocenters. The van der Waals surface area contributed by atoms with Crippen molar-refractivity contribution < 1.29 is 13.9 Å². The van der Waals surface area contributed by atoms with Crippen molar-refractivity contribution in [1.29, 1.82) is 0 Å². The van der Waals surface area contributed by atoms with Gasteiger partial charge in [0.05, 0.1) is 23.9 Å². The summed E-state index contributed by atoms with van der Waals surface area (Å²) in [4.78, 5) is 17.2. The number of halogens is 2. The molecule has 6 nitrogen and oxygen atoms in total. The Labute approximate surface area is 178 Å². The SMILES string of the molecule is Cc1cc(C#Cc2cccc(F)c2)cnc1NC(=O)c1c(Cl)cnn1[C@H]1CCOC1. The van der Waals surface area contributed by atoms with E-state index >= 15 is 0 Å². The van der Waals surface area contributed by atoms with Gasteiger partial charge in [-0.25, -0.2) is 9.37 Å². The van der Waals surface area contributed by atoms with Gasteiger partial charge in [-0.15, -0.1) is 0 Å². The molecule has 0 radical (unpaired) electrons. The van der Waals surface area contributed by atoms with Crippen molar-refractivity contribution in [2.24, 2.45) is 0 Å². The molecule has 1 saturated heterocycles. The van der Waals surface area contributed by atoms with Gasteiger partial charge >= 0.3 is 0 Å². The third kappa shape index (κ3) is 4.35. The van der Waals surface area contributed by atoms with Crippen molar-refractivity contribution in [2.45, 2.75) is 19.4 Å². The summed E-state index contributed by atoms with van der Waals surface area (Å²) in [6.45, 7) is 2.94. The van der Waals surface area contributed by atoms with E-state index in [1.807, 2.05) is 6.92 Å². The summed E-state index contributed by atoms with van der Waals surface area (Å²) in [5, 5.41) is 7.30. The second kappa shape index (κ2) is 8.66. The molecule has 1 fully saturated rings. The number of carbonyl (C=O) groups is 1. The molecule has 2 aromatic heterocycles. The molecule has 3 aromatic rings. The van der Waals surface area contributed by atoms with Crippen molar-refractivity contribution >= 4 is 23.3 Å². The minimum atomic E-state index is -0.390. The number of nitrogens with zero attached hydrogens (tertiary/aromatic N) is 3. The van der Waals surface area contributed by atoms with E-state index in [2.05, 4.69) is 27.2 Å². The summed E-state index contributed by atoms with van der Waals surface area (Å²) in [5.41, 5.74) is 2.24. The molecule has 1 amide bonds. The van der Waals surface area contributed by atoms with E-state index in [4.69, 9.17) is 16.3 Å². The number of amides is 1. The Balaban J connectivity index is 1.52. The van der Waals surface area contributed by atoms with Gasteiger partial charge < -0.3 is 10.1 Å². The first-order chi connectivity index (χ1) is 14.5. The van der Waals surface area contributed by atoms with Crippen LogP contribution in [-0.2, 0) is 4.74 Å². The molecular formula is C22H18ClFN4O2. The van der Waals surface area contributed by atoms with Gasteiger partial charge in [0.15, 0.2) is 0 Å². The van der Waals surface area contributed by atoms with Crippen LogP contribution < -0.4 is 5.32 Å². The highest BCUT2D eigenvalue weighted by Gasteiger charge is 2.26. The van der Waals surface area contributed by atoms with Crippen LogP contribution in [-0.4, -0.2) is 33.9 Å². The number of nitrogens with one attached hydrogen (secondary N) is 1. The van der Waals surface area contributed by atoms with Gasteiger partial charge in [-0.1, -0.05) is 29.5 Å². The minimum absolute atomic E-state index is 0.0206. The summed E-state index contributed by atoms with van der Waals surface area (Å²) in [6.07, 6.45) is 3.78. The Kier molecular flexibility index (Phi) is 5.79. The first-order valence-electron chi connectivity index (χ1n) is 9.37. The fraction of sp³-hybridized carbons (Fsp3) is 0.227. The Morgan fingerprint density at radius 3 is 2.87 bits per heavy atom. The van der Waals surface area contributed by atoms with E-state index in [0.717, 1.165) is 12.0 Å². The topological polar surface area (TPSA) is 69.0 Å². The van der Waals surface area contributed by atoms with Crippen LogP contribution >= 0.6 is 11.6 Å². The average molecular weight is 425 g/mol. The van der Waals surface area contributed by atoms with Gasteiger partial charge in [0.2, 0.25) is 0 Å². The molecule has 8 heteroatoms. The summed E-state index contributed by atoms with van der Waals surface area (Å²) >= 11 is 6.21. The molecule has 1 aliphatic rings. The fourth-order valence-corrected chi connectivity index (χ4v) is 3.41. The first-order valence-corrected chi connectivity index (χ1v) is 9.75. The van der Waals surface area contributed by atoms with Gasteiger partial charge in [0, 0.05) is 23.9 Å². The lowest BCUT2D eigenvalue weighted by atomic mass is 10.1. The Morgan fingerprint density at radius 2 is 2.13 bits per heavy atom. The lowest BCUT2D eigenvalue weighted by Gasteiger charge is -2.13. The highest BCUT2D eigenvalue weighted by atomic mass is 35.5. The largest absolute Gasteiger partial charge is 0.379 e. The Bertz CT molecular complexity index is 1160. The van der Waals surface area contributed by atoms with Crippen molar-refractivity contribution in [3.8, 4) is 11.8 Å². The van der Waals surface area contributed by atoms with Crippen molar-refractivity contribution in [1.82, 2.24) is 14.8 Å². The molecule has 0 saturated carbocycles. The lowest BCUT2D eigenvalue weighted by Crippen LogP contribution is -2.22. The smallest absolute Gasteiger partial charge is 0.276 e. The number of hydrogen-bond acceptors (Lipinski definition) is 4. The number of carbonyl (C=O) groups excluding carboxylic acids is 1. The summed E-state index contributed by atoms with van der Waals surface area (Å²) in [7, 11) is 0. The molecule has 0 aliphatic carbocycles. The van der Waals surface area contributed by atoms with E-state index in [1.54, 1.807) is 29.1 Å². The summed E-state index contributed by atoms with van der Waals surface area (Å²) < 4.78 is 20.3. The monoisotopic (exact) mass is 424 g/mol.